The Bertz CT molecular complexity index is 897. The molecule has 1 heterocycles. The zero-order valence-electron chi connectivity index (χ0n) is 16.1. The van der Waals surface area contributed by atoms with E-state index < -0.39 is 0 Å². The summed E-state index contributed by atoms with van der Waals surface area (Å²) < 4.78 is 7.55. The molecule has 0 unspecified atom stereocenters. The zero-order chi connectivity index (χ0) is 19.5. The van der Waals surface area contributed by atoms with Gasteiger partial charge in [-0.2, -0.15) is 0 Å². The molecule has 0 saturated heterocycles. The summed E-state index contributed by atoms with van der Waals surface area (Å²) in [5.41, 5.74) is 2.06. The van der Waals surface area contributed by atoms with Crippen molar-refractivity contribution in [3.8, 4) is 5.75 Å². The van der Waals surface area contributed by atoms with E-state index in [9.17, 15) is 0 Å². The van der Waals surface area contributed by atoms with Gasteiger partial charge in [-0.25, -0.2) is 4.99 Å². The lowest BCUT2D eigenvalue weighted by atomic mass is 9.95. The molecule has 0 aliphatic rings. The maximum Gasteiger partial charge on any atom is 0.191 e. The summed E-state index contributed by atoms with van der Waals surface area (Å²) in [5, 5.41) is 0.609. The van der Waals surface area contributed by atoms with Gasteiger partial charge in [0, 0.05) is 22.6 Å². The van der Waals surface area contributed by atoms with E-state index in [1.54, 1.807) is 30.6 Å². The second-order valence-corrected chi connectivity index (χ2v) is 9.16. The minimum Gasteiger partial charge on any atom is -0.496 e. The van der Waals surface area contributed by atoms with Crippen LogP contribution >= 0.6 is 35.2 Å². The molecule has 0 aliphatic carbocycles. The number of aromatic nitrogens is 1. The van der Waals surface area contributed by atoms with Crippen molar-refractivity contribution in [3.63, 3.8) is 0 Å². The molecule has 0 bridgehead atoms. The molecular weight excluding hydrogens is 384 g/mol. The van der Waals surface area contributed by atoms with Gasteiger partial charge >= 0.3 is 0 Å². The van der Waals surface area contributed by atoms with Gasteiger partial charge in [-0.3, -0.25) is 0 Å². The van der Waals surface area contributed by atoms with Crippen LogP contribution in [0.4, 0.5) is 0 Å². The van der Waals surface area contributed by atoms with E-state index in [2.05, 4.69) is 51.5 Å². The summed E-state index contributed by atoms with van der Waals surface area (Å²) in [7, 11) is 1.62. The highest BCUT2D eigenvalue weighted by molar-refractivity contribution is 7.80. The first-order valence-electron chi connectivity index (χ1n) is 8.38. The summed E-state index contributed by atoms with van der Waals surface area (Å²) in [6.07, 6.45) is 4.35. The van der Waals surface area contributed by atoms with Gasteiger partial charge in [-0.15, -0.1) is 11.3 Å². The van der Waals surface area contributed by atoms with Crippen molar-refractivity contribution in [1.82, 2.24) is 4.57 Å². The van der Waals surface area contributed by atoms with Crippen molar-refractivity contribution >= 4 is 40.1 Å². The Hall–Kier alpha value is -1.43. The van der Waals surface area contributed by atoms with Gasteiger partial charge in [0.25, 0.3) is 0 Å². The van der Waals surface area contributed by atoms with E-state index in [1.807, 2.05) is 6.07 Å². The summed E-state index contributed by atoms with van der Waals surface area (Å²) in [6, 6.07) is 5.39. The molecule has 0 amide bonds. The number of rotatable bonds is 4. The molecular formula is C20H25ClN2OS2. The van der Waals surface area contributed by atoms with Crippen molar-refractivity contribution in [3.05, 3.63) is 56.3 Å². The van der Waals surface area contributed by atoms with Crippen LogP contribution in [0.25, 0.3) is 0 Å². The Kier molecular flexibility index (Phi) is 6.83. The van der Waals surface area contributed by atoms with E-state index in [-0.39, 0.29) is 5.41 Å². The van der Waals surface area contributed by atoms with Crippen LogP contribution in [0.1, 0.15) is 45.1 Å². The maximum atomic E-state index is 6.13. The molecule has 0 spiro atoms. The molecule has 0 N–H and O–H groups in total. The van der Waals surface area contributed by atoms with Gasteiger partial charge in [0.1, 0.15) is 10.7 Å². The highest BCUT2D eigenvalue weighted by Gasteiger charge is 2.18. The Balaban J connectivity index is 2.55. The Morgan fingerprint density at radius 3 is 2.62 bits per heavy atom. The molecule has 0 aliphatic heterocycles. The molecule has 140 valence electrons. The largest absolute Gasteiger partial charge is 0.496 e. The number of benzene rings is 1. The summed E-state index contributed by atoms with van der Waals surface area (Å²) >= 11 is 13.4. The molecule has 1 aromatic carbocycles. The lowest BCUT2D eigenvalue weighted by Gasteiger charge is -2.14. The molecule has 0 fully saturated rings. The average molecular weight is 409 g/mol. The second-order valence-electron chi connectivity index (χ2n) is 7.32. The first-order valence-corrected chi connectivity index (χ1v) is 9.99. The number of allylic oxidation sites excluding steroid dienone is 2. The monoisotopic (exact) mass is 408 g/mol. The smallest absolute Gasteiger partial charge is 0.191 e. The SMILES string of the molecule is COc1ccc(Cl)cc1C(=S)/N=c1\sc(C(C)(C)C)cn1CC=C(C)C. The fourth-order valence-electron chi connectivity index (χ4n) is 2.22. The van der Waals surface area contributed by atoms with Crippen molar-refractivity contribution < 1.29 is 4.74 Å². The fourth-order valence-corrected chi connectivity index (χ4v) is 3.76. The van der Waals surface area contributed by atoms with E-state index in [4.69, 9.17) is 33.5 Å². The Morgan fingerprint density at radius 1 is 1.35 bits per heavy atom. The van der Waals surface area contributed by atoms with Crippen molar-refractivity contribution in [2.75, 3.05) is 7.11 Å². The number of ether oxygens (including phenoxy) is 1. The van der Waals surface area contributed by atoms with Crippen LogP contribution in [0, 0.1) is 0 Å². The van der Waals surface area contributed by atoms with Crippen LogP contribution in [0.3, 0.4) is 0 Å². The third-order valence-corrected chi connectivity index (χ3v) is 5.74. The highest BCUT2D eigenvalue weighted by atomic mass is 35.5. The Morgan fingerprint density at radius 2 is 2.04 bits per heavy atom. The van der Waals surface area contributed by atoms with Crippen molar-refractivity contribution in [2.24, 2.45) is 4.99 Å². The first kappa shape index (κ1) is 20.9. The minimum atomic E-state index is 0.0561. The third-order valence-electron chi connectivity index (χ3n) is 3.74. The van der Waals surface area contributed by atoms with Crippen LogP contribution in [0.2, 0.25) is 5.02 Å². The minimum absolute atomic E-state index is 0.0561. The Labute approximate surface area is 170 Å². The molecule has 0 atom stereocenters. The molecule has 2 aromatic rings. The number of nitrogens with zero attached hydrogens (tertiary/aromatic N) is 2. The van der Waals surface area contributed by atoms with Gasteiger partial charge in [-0.1, -0.05) is 56.2 Å². The highest BCUT2D eigenvalue weighted by Crippen LogP contribution is 2.26. The number of hydrogen-bond acceptors (Lipinski definition) is 3. The number of thiocarbonyl (C=S) groups is 1. The second kappa shape index (κ2) is 8.51. The van der Waals surface area contributed by atoms with Crippen molar-refractivity contribution in [2.45, 2.75) is 46.6 Å². The number of hydrogen-bond donors (Lipinski definition) is 0. The number of halogens is 1. The third kappa shape index (κ3) is 5.29. The van der Waals surface area contributed by atoms with Crippen LogP contribution in [-0.2, 0) is 12.0 Å². The number of thiazole rings is 1. The molecule has 0 saturated carbocycles. The lowest BCUT2D eigenvalue weighted by molar-refractivity contribution is 0.414. The zero-order valence-corrected chi connectivity index (χ0v) is 18.5. The lowest BCUT2D eigenvalue weighted by Crippen LogP contribution is -2.15. The predicted molar refractivity (Wildman–Crippen MR) is 116 cm³/mol. The van der Waals surface area contributed by atoms with Crippen LogP contribution in [0.15, 0.2) is 41.0 Å². The van der Waals surface area contributed by atoms with E-state index in [0.29, 0.717) is 15.8 Å². The topological polar surface area (TPSA) is 26.5 Å². The van der Waals surface area contributed by atoms with Gasteiger partial charge < -0.3 is 9.30 Å². The van der Waals surface area contributed by atoms with Crippen LogP contribution < -0.4 is 9.54 Å². The summed E-state index contributed by atoms with van der Waals surface area (Å²) in [5.74, 6) is 0.673. The molecule has 6 heteroatoms. The standard InChI is InChI=1S/C20H25ClN2OS2/c1-13(2)9-10-23-12-17(20(3,4)5)26-19(23)22-18(25)15-11-14(21)7-8-16(15)24-6/h7-9,11-12H,10H2,1-6H3/b22-19-. The molecule has 0 radical (unpaired) electrons. The van der Waals surface area contributed by atoms with E-state index >= 15 is 0 Å². The van der Waals surface area contributed by atoms with Gasteiger partial charge in [0.15, 0.2) is 4.80 Å². The van der Waals surface area contributed by atoms with Crippen LogP contribution in [-0.4, -0.2) is 16.7 Å². The molecule has 2 rings (SSSR count). The predicted octanol–water partition coefficient (Wildman–Crippen LogP) is 5.75. The van der Waals surface area contributed by atoms with Gasteiger partial charge in [-0.05, 0) is 37.5 Å². The normalized spacial score (nSPS) is 12.2. The average Bonchev–Trinajstić information content (AvgIpc) is 2.96. The van der Waals surface area contributed by atoms with Crippen LogP contribution in [0.5, 0.6) is 5.75 Å². The van der Waals surface area contributed by atoms with Gasteiger partial charge in [0.05, 0.1) is 12.7 Å². The molecule has 1 aromatic heterocycles. The first-order chi connectivity index (χ1) is 12.1. The fraction of sp³-hybridized carbons (Fsp3) is 0.400. The summed E-state index contributed by atoms with van der Waals surface area (Å²) in [4.78, 5) is 7.34. The van der Waals surface area contributed by atoms with Crippen molar-refractivity contribution in [1.29, 1.82) is 0 Å². The maximum absolute atomic E-state index is 6.13. The molecule has 3 nitrogen and oxygen atoms in total. The van der Waals surface area contributed by atoms with Gasteiger partial charge in [0.2, 0.25) is 0 Å². The molecule has 26 heavy (non-hydrogen) atoms. The van der Waals surface area contributed by atoms with E-state index in [0.717, 1.165) is 16.9 Å². The summed E-state index contributed by atoms with van der Waals surface area (Å²) in [6.45, 7) is 11.6. The van der Waals surface area contributed by atoms with E-state index in [1.165, 1.54) is 10.5 Å². The quantitative estimate of drug-likeness (QED) is 0.475. The number of methoxy groups -OCH3 is 1.